The number of aryl methyl sites for hydroxylation is 1. The van der Waals surface area contributed by atoms with Crippen molar-refractivity contribution in [1.29, 1.82) is 0 Å². The molecule has 1 aliphatic heterocycles. The first-order chi connectivity index (χ1) is 11.5. The van der Waals surface area contributed by atoms with Crippen molar-refractivity contribution in [2.24, 2.45) is 16.8 Å². The van der Waals surface area contributed by atoms with Crippen LogP contribution in [0, 0.1) is 18.8 Å². The lowest BCUT2D eigenvalue weighted by atomic mass is 9.92. The second-order valence-electron chi connectivity index (χ2n) is 6.95. The number of guanidine groups is 1. The fourth-order valence-electron chi connectivity index (χ4n) is 3.41. The molecule has 2 unspecified atom stereocenters. The van der Waals surface area contributed by atoms with Crippen molar-refractivity contribution in [3.05, 3.63) is 35.4 Å². The summed E-state index contributed by atoms with van der Waals surface area (Å²) in [5.41, 5.74) is 1.80. The second kappa shape index (κ2) is 8.71. The van der Waals surface area contributed by atoms with E-state index in [1.54, 1.807) is 0 Å². The van der Waals surface area contributed by atoms with Crippen molar-refractivity contribution in [1.82, 2.24) is 15.5 Å². The number of rotatable bonds is 4. The standard InChI is InChI=1S/C19H30N4O/c1-14-6-5-7-17(11-14)18(24)21-8-9-22-19(20-4)23-12-15(2)10-16(3)13-23/h5-7,11,15-16H,8-10,12-13H2,1-4H3,(H,20,22)(H,21,24). The number of carbonyl (C=O) groups excluding carboxylic acids is 1. The fourth-order valence-corrected chi connectivity index (χ4v) is 3.41. The number of amides is 1. The molecule has 1 aromatic carbocycles. The molecule has 1 heterocycles. The van der Waals surface area contributed by atoms with Gasteiger partial charge in [0.25, 0.3) is 5.91 Å². The zero-order valence-electron chi connectivity index (χ0n) is 15.3. The zero-order chi connectivity index (χ0) is 17.5. The number of nitrogens with one attached hydrogen (secondary N) is 2. The van der Waals surface area contributed by atoms with Crippen LogP contribution in [-0.2, 0) is 0 Å². The Bertz CT molecular complexity index is 574. The van der Waals surface area contributed by atoms with Gasteiger partial charge in [-0.1, -0.05) is 31.5 Å². The van der Waals surface area contributed by atoms with Gasteiger partial charge in [-0.2, -0.15) is 0 Å². The molecule has 2 N–H and O–H groups in total. The van der Waals surface area contributed by atoms with Crippen LogP contribution in [-0.4, -0.2) is 50.0 Å². The maximum Gasteiger partial charge on any atom is 0.251 e. The summed E-state index contributed by atoms with van der Waals surface area (Å²) >= 11 is 0. The number of carbonyl (C=O) groups is 1. The van der Waals surface area contributed by atoms with Crippen LogP contribution in [0.1, 0.15) is 36.2 Å². The number of likely N-dealkylation sites (tertiary alicyclic amines) is 1. The molecule has 0 spiro atoms. The van der Waals surface area contributed by atoms with E-state index in [0.717, 1.165) is 24.6 Å². The Morgan fingerprint density at radius 1 is 1.21 bits per heavy atom. The molecule has 1 fully saturated rings. The van der Waals surface area contributed by atoms with Crippen LogP contribution in [0.5, 0.6) is 0 Å². The molecule has 0 saturated carbocycles. The van der Waals surface area contributed by atoms with E-state index in [1.807, 2.05) is 38.2 Å². The summed E-state index contributed by atoms with van der Waals surface area (Å²) in [5.74, 6) is 2.27. The Morgan fingerprint density at radius 3 is 2.50 bits per heavy atom. The van der Waals surface area contributed by atoms with E-state index in [2.05, 4.69) is 34.4 Å². The first-order valence-corrected chi connectivity index (χ1v) is 8.80. The molecule has 1 saturated heterocycles. The predicted molar refractivity (Wildman–Crippen MR) is 99.4 cm³/mol. The van der Waals surface area contributed by atoms with Crippen molar-refractivity contribution in [3.8, 4) is 0 Å². The Hall–Kier alpha value is -2.04. The summed E-state index contributed by atoms with van der Waals surface area (Å²) in [6, 6.07) is 7.63. The van der Waals surface area contributed by atoms with Crippen LogP contribution in [0.2, 0.25) is 0 Å². The van der Waals surface area contributed by atoms with E-state index in [1.165, 1.54) is 6.42 Å². The molecular weight excluding hydrogens is 300 g/mol. The van der Waals surface area contributed by atoms with Crippen LogP contribution in [0.25, 0.3) is 0 Å². The minimum absolute atomic E-state index is 0.0318. The van der Waals surface area contributed by atoms with E-state index >= 15 is 0 Å². The molecule has 5 heteroatoms. The van der Waals surface area contributed by atoms with Gasteiger partial charge in [-0.25, -0.2) is 0 Å². The molecule has 0 aromatic heterocycles. The number of benzene rings is 1. The summed E-state index contributed by atoms with van der Waals surface area (Å²) in [5, 5.41) is 6.31. The quantitative estimate of drug-likeness (QED) is 0.506. The number of nitrogens with zero attached hydrogens (tertiary/aromatic N) is 2. The van der Waals surface area contributed by atoms with E-state index in [0.29, 0.717) is 30.5 Å². The van der Waals surface area contributed by atoms with Gasteiger partial charge in [0.05, 0.1) is 0 Å². The van der Waals surface area contributed by atoms with Gasteiger partial charge in [0.15, 0.2) is 5.96 Å². The first-order valence-electron chi connectivity index (χ1n) is 8.80. The number of aliphatic imine (C=N–C) groups is 1. The third kappa shape index (κ3) is 5.25. The summed E-state index contributed by atoms with van der Waals surface area (Å²) in [6.45, 7) is 9.90. The maximum absolute atomic E-state index is 12.1. The molecule has 0 bridgehead atoms. The third-order valence-electron chi connectivity index (χ3n) is 4.35. The summed E-state index contributed by atoms with van der Waals surface area (Å²) in [6.07, 6.45) is 1.28. The second-order valence-corrected chi connectivity index (χ2v) is 6.95. The molecule has 24 heavy (non-hydrogen) atoms. The Kier molecular flexibility index (Phi) is 6.64. The molecule has 1 amide bonds. The third-order valence-corrected chi connectivity index (χ3v) is 4.35. The summed E-state index contributed by atoms with van der Waals surface area (Å²) in [4.78, 5) is 18.8. The van der Waals surface area contributed by atoms with E-state index in [4.69, 9.17) is 0 Å². The molecule has 2 atom stereocenters. The Labute approximate surface area is 145 Å². The minimum Gasteiger partial charge on any atom is -0.354 e. The van der Waals surface area contributed by atoms with Crippen LogP contribution in [0.15, 0.2) is 29.3 Å². The fraction of sp³-hybridized carbons (Fsp3) is 0.579. The summed E-state index contributed by atoms with van der Waals surface area (Å²) < 4.78 is 0. The van der Waals surface area contributed by atoms with E-state index in [-0.39, 0.29) is 5.91 Å². The van der Waals surface area contributed by atoms with Gasteiger partial charge in [-0.15, -0.1) is 0 Å². The highest BCUT2D eigenvalue weighted by atomic mass is 16.1. The molecule has 0 aliphatic carbocycles. The lowest BCUT2D eigenvalue weighted by molar-refractivity contribution is 0.0954. The SMILES string of the molecule is CN=C(NCCNC(=O)c1cccc(C)c1)N1CC(C)CC(C)C1. The lowest BCUT2D eigenvalue weighted by Gasteiger charge is -2.37. The first kappa shape index (κ1) is 18.3. The average Bonchev–Trinajstić information content (AvgIpc) is 2.53. The molecule has 1 aliphatic rings. The number of piperidine rings is 1. The smallest absolute Gasteiger partial charge is 0.251 e. The molecule has 132 valence electrons. The topological polar surface area (TPSA) is 56.7 Å². The highest BCUT2D eigenvalue weighted by molar-refractivity contribution is 5.94. The van der Waals surface area contributed by atoms with Gasteiger partial charge in [0.2, 0.25) is 0 Å². The molecule has 5 nitrogen and oxygen atoms in total. The largest absolute Gasteiger partial charge is 0.354 e. The van der Waals surface area contributed by atoms with E-state index < -0.39 is 0 Å². The van der Waals surface area contributed by atoms with Crippen LogP contribution in [0.3, 0.4) is 0 Å². The van der Waals surface area contributed by atoms with Gasteiger partial charge in [0, 0.05) is 38.8 Å². The normalized spacial score (nSPS) is 21.5. The lowest BCUT2D eigenvalue weighted by Crippen LogP contribution is -2.49. The number of hydrogen-bond donors (Lipinski definition) is 2. The molecule has 2 rings (SSSR count). The van der Waals surface area contributed by atoms with Crippen molar-refractivity contribution in [2.45, 2.75) is 27.2 Å². The van der Waals surface area contributed by atoms with Gasteiger partial charge in [0.1, 0.15) is 0 Å². The van der Waals surface area contributed by atoms with Gasteiger partial charge < -0.3 is 15.5 Å². The predicted octanol–water partition coefficient (Wildman–Crippen LogP) is 2.28. The molecular formula is C19H30N4O. The van der Waals surface area contributed by atoms with Crippen molar-refractivity contribution in [2.75, 3.05) is 33.2 Å². The van der Waals surface area contributed by atoms with E-state index in [9.17, 15) is 4.79 Å². The molecule has 1 aromatic rings. The minimum atomic E-state index is -0.0318. The van der Waals surface area contributed by atoms with Crippen LogP contribution < -0.4 is 10.6 Å². The van der Waals surface area contributed by atoms with Crippen molar-refractivity contribution < 1.29 is 4.79 Å². The Balaban J connectivity index is 1.77. The Morgan fingerprint density at radius 2 is 1.88 bits per heavy atom. The van der Waals surface area contributed by atoms with Gasteiger partial charge >= 0.3 is 0 Å². The van der Waals surface area contributed by atoms with Crippen molar-refractivity contribution in [3.63, 3.8) is 0 Å². The van der Waals surface area contributed by atoms with Crippen molar-refractivity contribution >= 4 is 11.9 Å². The summed E-state index contributed by atoms with van der Waals surface area (Å²) in [7, 11) is 1.82. The van der Waals surface area contributed by atoms with Crippen LogP contribution >= 0.6 is 0 Å². The van der Waals surface area contributed by atoms with Gasteiger partial charge in [-0.3, -0.25) is 9.79 Å². The number of hydrogen-bond acceptors (Lipinski definition) is 2. The molecule has 0 radical (unpaired) electrons. The highest BCUT2D eigenvalue weighted by Gasteiger charge is 2.23. The zero-order valence-corrected chi connectivity index (χ0v) is 15.3. The monoisotopic (exact) mass is 330 g/mol. The average molecular weight is 330 g/mol. The highest BCUT2D eigenvalue weighted by Crippen LogP contribution is 2.20. The maximum atomic E-state index is 12.1. The van der Waals surface area contributed by atoms with Crippen LogP contribution in [0.4, 0.5) is 0 Å². The van der Waals surface area contributed by atoms with Gasteiger partial charge in [-0.05, 0) is 37.3 Å².